The Morgan fingerprint density at radius 2 is 1.55 bits per heavy atom. The molecule has 0 unspecified atom stereocenters. The number of hydrogen-bond donors (Lipinski definition) is 2. The summed E-state index contributed by atoms with van der Waals surface area (Å²) >= 11 is 1.46. The van der Waals surface area contributed by atoms with E-state index in [0.717, 1.165) is 14.2 Å². The summed E-state index contributed by atoms with van der Waals surface area (Å²) < 4.78 is 25.5. The highest BCUT2D eigenvalue weighted by molar-refractivity contribution is 7.99. The van der Waals surface area contributed by atoms with Crippen molar-refractivity contribution in [1.29, 1.82) is 0 Å². The normalized spacial score (nSPS) is 11.2. The van der Waals surface area contributed by atoms with Gasteiger partial charge in [0.1, 0.15) is 5.03 Å². The lowest BCUT2D eigenvalue weighted by Gasteiger charge is -2.12. The first-order valence-electron chi connectivity index (χ1n) is 9.09. The van der Waals surface area contributed by atoms with Crippen molar-refractivity contribution >= 4 is 33.6 Å². The van der Waals surface area contributed by atoms with E-state index in [1.165, 1.54) is 50.1 Å². The second kappa shape index (κ2) is 9.73. The van der Waals surface area contributed by atoms with Crippen molar-refractivity contribution in [1.82, 2.24) is 20.1 Å². The van der Waals surface area contributed by atoms with E-state index in [4.69, 9.17) is 0 Å². The molecule has 0 atom stereocenters. The molecule has 0 spiro atoms. The third kappa shape index (κ3) is 5.69. The number of carbonyl (C=O) groups is 2. The van der Waals surface area contributed by atoms with Crippen molar-refractivity contribution in [3.05, 3.63) is 84.1 Å². The van der Waals surface area contributed by atoms with Gasteiger partial charge in [-0.05, 0) is 54.6 Å². The summed E-state index contributed by atoms with van der Waals surface area (Å²) in [6.07, 6.45) is 1.71. The molecule has 160 valence electrons. The molecule has 0 aliphatic carbocycles. The first-order valence-corrected chi connectivity index (χ1v) is 11.4. The number of benzene rings is 2. The first kappa shape index (κ1) is 22.5. The van der Waals surface area contributed by atoms with Crippen LogP contribution < -0.4 is 10.9 Å². The van der Waals surface area contributed by atoms with Crippen LogP contribution in [0.15, 0.2) is 87.7 Å². The molecule has 8 nitrogen and oxygen atoms in total. The molecule has 31 heavy (non-hydrogen) atoms. The van der Waals surface area contributed by atoms with Gasteiger partial charge in [-0.15, -0.1) is 0 Å². The van der Waals surface area contributed by atoms with E-state index < -0.39 is 21.8 Å². The maximum absolute atomic E-state index is 12.3. The predicted molar refractivity (Wildman–Crippen MR) is 117 cm³/mol. The summed E-state index contributed by atoms with van der Waals surface area (Å²) in [6.45, 7) is 0. The fourth-order valence-corrected chi connectivity index (χ4v) is 4.19. The monoisotopic (exact) mass is 456 g/mol. The van der Waals surface area contributed by atoms with Crippen LogP contribution in [0.25, 0.3) is 0 Å². The molecule has 2 N–H and O–H groups in total. The molecule has 2 amide bonds. The number of hydrazine groups is 1. The predicted octanol–water partition coefficient (Wildman–Crippen LogP) is 2.56. The smallest absolute Gasteiger partial charge is 0.267 e. The fourth-order valence-electron chi connectivity index (χ4n) is 2.47. The summed E-state index contributed by atoms with van der Waals surface area (Å²) in [4.78, 5) is 29.8. The Balaban J connectivity index is 1.61. The van der Waals surface area contributed by atoms with Crippen LogP contribution in [0.4, 0.5) is 0 Å². The number of aromatic nitrogens is 1. The van der Waals surface area contributed by atoms with E-state index in [2.05, 4.69) is 15.8 Å². The highest BCUT2D eigenvalue weighted by Crippen LogP contribution is 2.25. The fraction of sp³-hybridized carbons (Fsp3) is 0.0952. The van der Waals surface area contributed by atoms with Gasteiger partial charge in [0.25, 0.3) is 11.8 Å². The molecule has 1 aromatic heterocycles. The van der Waals surface area contributed by atoms with Gasteiger partial charge in [-0.2, -0.15) is 0 Å². The molecule has 0 saturated carbocycles. The van der Waals surface area contributed by atoms with Gasteiger partial charge >= 0.3 is 0 Å². The van der Waals surface area contributed by atoms with Gasteiger partial charge in [0.15, 0.2) is 0 Å². The largest absolute Gasteiger partial charge is 0.269 e. The average molecular weight is 457 g/mol. The second-order valence-corrected chi connectivity index (χ2v) is 9.76. The molecular weight excluding hydrogens is 436 g/mol. The van der Waals surface area contributed by atoms with Crippen LogP contribution >= 0.6 is 11.8 Å². The standard InChI is InChI=1S/C21H20N4O4S2/c1-25(2)31(28,29)18-7-5-6-16(14-18)21(27)24-23-20(26)15-9-11-17(12-10-15)30-19-8-3-4-13-22-19/h3-14H,1-2H3,(H,23,26)(H,24,27). The van der Waals surface area contributed by atoms with Crippen molar-refractivity contribution in [3.63, 3.8) is 0 Å². The molecule has 1 heterocycles. The minimum absolute atomic E-state index is 0.0162. The molecule has 3 rings (SSSR count). The molecule has 0 bridgehead atoms. The van der Waals surface area contributed by atoms with E-state index >= 15 is 0 Å². The Morgan fingerprint density at radius 1 is 0.871 bits per heavy atom. The van der Waals surface area contributed by atoms with E-state index in [-0.39, 0.29) is 10.5 Å². The first-order chi connectivity index (χ1) is 14.8. The Bertz CT molecular complexity index is 1180. The summed E-state index contributed by atoms with van der Waals surface area (Å²) in [5, 5.41) is 0.838. The Morgan fingerprint density at radius 3 is 2.16 bits per heavy atom. The van der Waals surface area contributed by atoms with Gasteiger partial charge in [-0.1, -0.05) is 23.9 Å². The quantitative estimate of drug-likeness (QED) is 0.552. The highest BCUT2D eigenvalue weighted by atomic mass is 32.2. The average Bonchev–Trinajstić information content (AvgIpc) is 2.78. The van der Waals surface area contributed by atoms with E-state index in [9.17, 15) is 18.0 Å². The van der Waals surface area contributed by atoms with Crippen molar-refractivity contribution in [2.75, 3.05) is 14.1 Å². The minimum atomic E-state index is -3.67. The summed E-state index contributed by atoms with van der Waals surface area (Å²) in [6, 6.07) is 18.0. The van der Waals surface area contributed by atoms with Gasteiger partial charge < -0.3 is 0 Å². The van der Waals surface area contributed by atoms with Crippen LogP contribution in [0.3, 0.4) is 0 Å². The molecule has 0 aliphatic heterocycles. The Labute approximate surface area is 184 Å². The maximum atomic E-state index is 12.3. The van der Waals surface area contributed by atoms with Gasteiger partial charge in [0.05, 0.1) is 4.90 Å². The highest BCUT2D eigenvalue weighted by Gasteiger charge is 2.19. The van der Waals surface area contributed by atoms with Gasteiger partial charge in [0.2, 0.25) is 10.0 Å². The van der Waals surface area contributed by atoms with Crippen LogP contribution in [-0.2, 0) is 10.0 Å². The second-order valence-electron chi connectivity index (χ2n) is 6.52. The molecular formula is C21H20N4O4S2. The van der Waals surface area contributed by atoms with Crippen molar-refractivity contribution in [2.24, 2.45) is 0 Å². The lowest BCUT2D eigenvalue weighted by molar-refractivity contribution is 0.0846. The molecule has 0 fully saturated rings. The summed E-state index contributed by atoms with van der Waals surface area (Å²) in [5.74, 6) is -1.13. The minimum Gasteiger partial charge on any atom is -0.267 e. The van der Waals surface area contributed by atoms with E-state index in [0.29, 0.717) is 5.56 Å². The van der Waals surface area contributed by atoms with Crippen LogP contribution in [0.2, 0.25) is 0 Å². The third-order valence-electron chi connectivity index (χ3n) is 4.14. The maximum Gasteiger partial charge on any atom is 0.269 e. The molecule has 0 radical (unpaired) electrons. The Hall–Kier alpha value is -3.21. The number of carbonyl (C=O) groups excluding carboxylic acids is 2. The number of rotatable bonds is 6. The van der Waals surface area contributed by atoms with Gasteiger partial charge in [-0.3, -0.25) is 20.4 Å². The van der Waals surface area contributed by atoms with Gasteiger partial charge in [0, 0.05) is 36.3 Å². The lowest BCUT2D eigenvalue weighted by atomic mass is 10.2. The van der Waals surface area contributed by atoms with Crippen molar-refractivity contribution in [2.45, 2.75) is 14.8 Å². The SMILES string of the molecule is CN(C)S(=O)(=O)c1cccc(C(=O)NNC(=O)c2ccc(Sc3ccccn3)cc2)c1. The van der Waals surface area contributed by atoms with Crippen LogP contribution in [0, 0.1) is 0 Å². The summed E-state index contributed by atoms with van der Waals surface area (Å²) in [5.41, 5.74) is 5.09. The zero-order chi connectivity index (χ0) is 22.4. The number of pyridine rings is 1. The Kier molecular flexibility index (Phi) is 7.06. The topological polar surface area (TPSA) is 108 Å². The summed E-state index contributed by atoms with van der Waals surface area (Å²) in [7, 11) is -0.864. The number of hydrogen-bond acceptors (Lipinski definition) is 6. The van der Waals surface area contributed by atoms with Gasteiger partial charge in [-0.25, -0.2) is 17.7 Å². The van der Waals surface area contributed by atoms with Crippen LogP contribution in [-0.4, -0.2) is 43.6 Å². The van der Waals surface area contributed by atoms with Crippen LogP contribution in [0.5, 0.6) is 0 Å². The lowest BCUT2D eigenvalue weighted by Crippen LogP contribution is -2.41. The van der Waals surface area contributed by atoms with Crippen molar-refractivity contribution in [3.8, 4) is 0 Å². The number of nitrogens with one attached hydrogen (secondary N) is 2. The van der Waals surface area contributed by atoms with Crippen molar-refractivity contribution < 1.29 is 18.0 Å². The number of sulfonamides is 1. The molecule has 3 aromatic rings. The number of amides is 2. The van der Waals surface area contributed by atoms with E-state index in [1.54, 1.807) is 30.5 Å². The molecule has 0 aliphatic rings. The third-order valence-corrected chi connectivity index (χ3v) is 6.91. The zero-order valence-electron chi connectivity index (χ0n) is 16.8. The zero-order valence-corrected chi connectivity index (χ0v) is 18.4. The van der Waals surface area contributed by atoms with E-state index in [1.807, 2.05) is 18.2 Å². The molecule has 10 heteroatoms. The number of nitrogens with zero attached hydrogens (tertiary/aromatic N) is 2. The molecule has 0 saturated heterocycles. The molecule has 2 aromatic carbocycles. The van der Waals surface area contributed by atoms with Crippen LogP contribution in [0.1, 0.15) is 20.7 Å².